The van der Waals surface area contributed by atoms with Crippen LogP contribution in [0.1, 0.15) is 12.0 Å². The maximum Gasteiger partial charge on any atom is 0.122 e. The second-order valence-electron chi connectivity index (χ2n) is 4.02. The smallest absolute Gasteiger partial charge is 0.122 e. The van der Waals surface area contributed by atoms with E-state index in [1.54, 1.807) is 7.11 Å². The SMILES string of the molecule is COc1ccccc1CC1(O)CCSC1. The van der Waals surface area contributed by atoms with E-state index in [0.29, 0.717) is 6.42 Å². The van der Waals surface area contributed by atoms with Crippen molar-refractivity contribution >= 4 is 11.8 Å². The lowest BCUT2D eigenvalue weighted by molar-refractivity contribution is 0.0680. The normalized spacial score (nSPS) is 25.5. The molecule has 3 heteroatoms. The van der Waals surface area contributed by atoms with Crippen molar-refractivity contribution in [3.63, 3.8) is 0 Å². The number of hydrogen-bond donors (Lipinski definition) is 1. The third-order valence-electron chi connectivity index (χ3n) is 2.79. The minimum absolute atomic E-state index is 0.528. The third-order valence-corrected chi connectivity index (χ3v) is 4.03. The zero-order chi connectivity index (χ0) is 10.7. The number of benzene rings is 1. The molecule has 1 heterocycles. The Morgan fingerprint density at radius 1 is 1.47 bits per heavy atom. The number of para-hydroxylation sites is 1. The fourth-order valence-corrected chi connectivity index (χ4v) is 3.23. The van der Waals surface area contributed by atoms with Crippen LogP contribution in [0.4, 0.5) is 0 Å². The summed E-state index contributed by atoms with van der Waals surface area (Å²) < 4.78 is 5.28. The summed E-state index contributed by atoms with van der Waals surface area (Å²) in [6.07, 6.45) is 1.58. The molecule has 1 aromatic carbocycles. The van der Waals surface area contributed by atoms with Crippen LogP contribution in [0.2, 0.25) is 0 Å². The fourth-order valence-electron chi connectivity index (χ4n) is 1.94. The van der Waals surface area contributed by atoms with E-state index in [1.165, 1.54) is 0 Å². The molecule has 1 aliphatic heterocycles. The van der Waals surface area contributed by atoms with Crippen molar-refractivity contribution < 1.29 is 9.84 Å². The predicted octanol–water partition coefficient (Wildman–Crippen LogP) is 2.11. The van der Waals surface area contributed by atoms with Crippen LogP contribution < -0.4 is 4.74 Å². The van der Waals surface area contributed by atoms with Crippen molar-refractivity contribution in [1.82, 2.24) is 0 Å². The van der Waals surface area contributed by atoms with Crippen molar-refractivity contribution in [3.05, 3.63) is 29.8 Å². The van der Waals surface area contributed by atoms with Crippen molar-refractivity contribution in [3.8, 4) is 5.75 Å². The first kappa shape index (κ1) is 10.8. The van der Waals surface area contributed by atoms with E-state index < -0.39 is 5.60 Å². The van der Waals surface area contributed by atoms with Crippen LogP contribution in [-0.2, 0) is 6.42 Å². The monoisotopic (exact) mass is 224 g/mol. The lowest BCUT2D eigenvalue weighted by Gasteiger charge is -2.22. The Hall–Kier alpha value is -0.670. The Balaban J connectivity index is 2.16. The van der Waals surface area contributed by atoms with Crippen molar-refractivity contribution in [2.45, 2.75) is 18.4 Å². The number of thioether (sulfide) groups is 1. The summed E-state index contributed by atoms with van der Waals surface area (Å²) in [5, 5.41) is 10.3. The number of rotatable bonds is 3. The Morgan fingerprint density at radius 2 is 2.27 bits per heavy atom. The van der Waals surface area contributed by atoms with Gasteiger partial charge in [-0.2, -0.15) is 11.8 Å². The molecule has 2 rings (SSSR count). The third kappa shape index (κ3) is 2.47. The molecule has 0 saturated carbocycles. The molecule has 1 fully saturated rings. The standard InChI is InChI=1S/C12H16O2S/c1-14-11-5-3-2-4-10(11)8-12(13)6-7-15-9-12/h2-5,13H,6-9H2,1H3. The minimum atomic E-state index is -0.528. The van der Waals surface area contributed by atoms with E-state index in [2.05, 4.69) is 0 Å². The topological polar surface area (TPSA) is 29.5 Å². The molecule has 1 saturated heterocycles. The first-order chi connectivity index (χ1) is 7.23. The van der Waals surface area contributed by atoms with Crippen molar-refractivity contribution in [2.75, 3.05) is 18.6 Å². The summed E-state index contributed by atoms with van der Waals surface area (Å²) >= 11 is 1.82. The average molecular weight is 224 g/mol. The van der Waals surface area contributed by atoms with E-state index in [9.17, 15) is 5.11 Å². The molecule has 1 atom stereocenters. The fraction of sp³-hybridized carbons (Fsp3) is 0.500. The molecule has 0 radical (unpaired) electrons. The lowest BCUT2D eigenvalue weighted by Crippen LogP contribution is -2.30. The van der Waals surface area contributed by atoms with Crippen LogP contribution in [0.5, 0.6) is 5.75 Å². The Morgan fingerprint density at radius 3 is 2.93 bits per heavy atom. The molecule has 1 aromatic rings. The molecule has 0 amide bonds. The van der Waals surface area contributed by atoms with Crippen LogP contribution >= 0.6 is 11.8 Å². The molecular formula is C12H16O2S. The van der Waals surface area contributed by atoms with Crippen LogP contribution in [0.3, 0.4) is 0 Å². The molecule has 0 bridgehead atoms. The van der Waals surface area contributed by atoms with Gasteiger partial charge in [0.1, 0.15) is 5.75 Å². The summed E-state index contributed by atoms with van der Waals surface area (Å²) in [4.78, 5) is 0. The molecule has 0 spiro atoms. The minimum Gasteiger partial charge on any atom is -0.496 e. The van der Waals surface area contributed by atoms with Crippen LogP contribution in [0.25, 0.3) is 0 Å². The summed E-state index contributed by atoms with van der Waals surface area (Å²) in [7, 11) is 1.67. The Bertz CT molecular complexity index is 332. The van der Waals surface area contributed by atoms with E-state index in [1.807, 2.05) is 36.0 Å². The average Bonchev–Trinajstić information content (AvgIpc) is 2.66. The van der Waals surface area contributed by atoms with Crippen molar-refractivity contribution in [2.24, 2.45) is 0 Å². The molecule has 0 aromatic heterocycles. The van der Waals surface area contributed by atoms with Gasteiger partial charge in [0.05, 0.1) is 12.7 Å². The van der Waals surface area contributed by atoms with Gasteiger partial charge >= 0.3 is 0 Å². The quantitative estimate of drug-likeness (QED) is 0.852. The van der Waals surface area contributed by atoms with Gasteiger partial charge in [-0.1, -0.05) is 18.2 Å². The van der Waals surface area contributed by atoms with Crippen LogP contribution in [-0.4, -0.2) is 29.3 Å². The van der Waals surface area contributed by atoms with Gasteiger partial charge in [0.25, 0.3) is 0 Å². The van der Waals surface area contributed by atoms with E-state index in [-0.39, 0.29) is 0 Å². The highest BCUT2D eigenvalue weighted by Crippen LogP contribution is 2.33. The van der Waals surface area contributed by atoms with Gasteiger partial charge in [-0.05, 0) is 23.8 Å². The second kappa shape index (κ2) is 4.45. The summed E-state index contributed by atoms with van der Waals surface area (Å²) in [6, 6.07) is 7.92. The number of methoxy groups -OCH3 is 1. The van der Waals surface area contributed by atoms with Gasteiger partial charge in [0.15, 0.2) is 0 Å². The van der Waals surface area contributed by atoms with Gasteiger partial charge in [0, 0.05) is 12.2 Å². The Labute approximate surface area is 94.6 Å². The highest BCUT2D eigenvalue weighted by atomic mass is 32.2. The molecule has 0 aliphatic carbocycles. The first-order valence-corrected chi connectivity index (χ1v) is 6.31. The largest absolute Gasteiger partial charge is 0.496 e. The van der Waals surface area contributed by atoms with Crippen molar-refractivity contribution in [1.29, 1.82) is 0 Å². The maximum atomic E-state index is 10.3. The van der Waals surface area contributed by atoms with Crippen LogP contribution in [0.15, 0.2) is 24.3 Å². The number of aliphatic hydroxyl groups is 1. The summed E-state index contributed by atoms with van der Waals surface area (Å²) in [6.45, 7) is 0. The van der Waals surface area contributed by atoms with E-state index in [4.69, 9.17) is 4.74 Å². The lowest BCUT2D eigenvalue weighted by atomic mass is 9.93. The van der Waals surface area contributed by atoms with Gasteiger partial charge < -0.3 is 9.84 Å². The second-order valence-corrected chi connectivity index (χ2v) is 5.12. The number of hydrogen-bond acceptors (Lipinski definition) is 3. The van der Waals surface area contributed by atoms with E-state index >= 15 is 0 Å². The zero-order valence-corrected chi connectivity index (χ0v) is 9.72. The molecule has 1 unspecified atom stereocenters. The van der Waals surface area contributed by atoms with Crippen LogP contribution in [0, 0.1) is 0 Å². The maximum absolute atomic E-state index is 10.3. The summed E-state index contributed by atoms with van der Waals surface area (Å²) in [5.74, 6) is 2.78. The van der Waals surface area contributed by atoms with Gasteiger partial charge in [-0.15, -0.1) is 0 Å². The van der Waals surface area contributed by atoms with Gasteiger partial charge in [-0.25, -0.2) is 0 Å². The highest BCUT2D eigenvalue weighted by Gasteiger charge is 2.32. The van der Waals surface area contributed by atoms with Gasteiger partial charge in [0.2, 0.25) is 0 Å². The Kier molecular flexibility index (Phi) is 3.22. The highest BCUT2D eigenvalue weighted by molar-refractivity contribution is 7.99. The summed E-state index contributed by atoms with van der Waals surface area (Å²) in [5.41, 5.74) is 0.573. The number of ether oxygens (including phenoxy) is 1. The predicted molar refractivity (Wildman–Crippen MR) is 63.6 cm³/mol. The molecule has 2 nitrogen and oxygen atoms in total. The molecule has 1 N–H and O–H groups in total. The van der Waals surface area contributed by atoms with E-state index in [0.717, 1.165) is 29.2 Å². The molecule has 15 heavy (non-hydrogen) atoms. The molecular weight excluding hydrogens is 208 g/mol. The zero-order valence-electron chi connectivity index (χ0n) is 8.90. The molecule has 1 aliphatic rings. The molecule has 82 valence electrons. The first-order valence-electron chi connectivity index (χ1n) is 5.15. The van der Waals surface area contributed by atoms with Gasteiger partial charge in [-0.3, -0.25) is 0 Å².